The van der Waals surface area contributed by atoms with Gasteiger partial charge in [-0.1, -0.05) is 19.1 Å². The molecule has 1 fully saturated rings. The average molecular weight is 376 g/mol. The van der Waals surface area contributed by atoms with Crippen LogP contribution in [0.1, 0.15) is 30.9 Å². The lowest BCUT2D eigenvalue weighted by molar-refractivity contribution is -0.137. The van der Waals surface area contributed by atoms with Crippen molar-refractivity contribution in [2.24, 2.45) is 5.73 Å². The normalized spacial score (nSPS) is 18.9. The maximum Gasteiger partial charge on any atom is 0.416 e. The molecule has 0 aromatic heterocycles. The lowest BCUT2D eigenvalue weighted by Gasteiger charge is -2.39. The van der Waals surface area contributed by atoms with E-state index in [4.69, 9.17) is 5.73 Å². The number of nitrogens with two attached hydrogens (primary N) is 1. The number of likely N-dealkylation sites (tertiary alicyclic amines) is 1. The molecule has 0 spiro atoms. The van der Waals surface area contributed by atoms with Crippen LogP contribution in [0.25, 0.3) is 0 Å². The van der Waals surface area contributed by atoms with Gasteiger partial charge in [0.2, 0.25) is 5.91 Å². The lowest BCUT2D eigenvalue weighted by atomic mass is 9.83. The summed E-state index contributed by atoms with van der Waals surface area (Å²) in [6.45, 7) is 2.53. The number of hydrogen-bond acceptors (Lipinski definition) is 4. The summed E-state index contributed by atoms with van der Waals surface area (Å²) in [4.78, 5) is 13.9. The molecule has 1 saturated heterocycles. The molecular weight excluding hydrogens is 353 g/mol. The maximum atomic E-state index is 12.9. The highest BCUT2D eigenvalue weighted by Gasteiger charge is 2.38. The molecule has 1 aromatic rings. The van der Waals surface area contributed by atoms with Crippen LogP contribution in [-0.2, 0) is 16.6 Å². The first-order chi connectivity index (χ1) is 11.7. The molecule has 0 bridgehead atoms. The van der Waals surface area contributed by atoms with Crippen molar-refractivity contribution in [1.82, 2.24) is 4.90 Å². The predicted octanol–water partition coefficient (Wildman–Crippen LogP) is 2.60. The third-order valence-corrected chi connectivity index (χ3v) is 5.45. The molecule has 1 atom stereocenters. The summed E-state index contributed by atoms with van der Waals surface area (Å²) in [6, 6.07) is 4.17. The van der Waals surface area contributed by atoms with Gasteiger partial charge in [-0.05, 0) is 36.3 Å². The maximum absolute atomic E-state index is 12.9. The van der Waals surface area contributed by atoms with Gasteiger partial charge < -0.3 is 15.7 Å². The third-order valence-electron chi connectivity index (χ3n) is 4.45. The number of carbonyl (C=O) groups excluding carboxylic acids is 1. The number of nitrogens with zero attached hydrogens (tertiary/aromatic N) is 1. The van der Waals surface area contributed by atoms with Crippen molar-refractivity contribution in [3.8, 4) is 0 Å². The van der Waals surface area contributed by atoms with Crippen LogP contribution in [-0.4, -0.2) is 46.6 Å². The first kappa shape index (κ1) is 20.1. The van der Waals surface area contributed by atoms with Crippen molar-refractivity contribution in [2.45, 2.75) is 37.6 Å². The van der Waals surface area contributed by atoms with Gasteiger partial charge in [0.05, 0.1) is 17.2 Å². The molecular formula is C17H23F3N2O2S. The Morgan fingerprint density at radius 2 is 2.04 bits per heavy atom. The molecule has 1 amide bonds. The van der Waals surface area contributed by atoms with E-state index in [0.717, 1.165) is 17.9 Å². The molecule has 8 heteroatoms. The molecule has 0 saturated carbocycles. The van der Waals surface area contributed by atoms with Crippen molar-refractivity contribution < 1.29 is 23.1 Å². The van der Waals surface area contributed by atoms with E-state index in [9.17, 15) is 23.1 Å². The monoisotopic (exact) mass is 376 g/mol. The van der Waals surface area contributed by atoms with Gasteiger partial charge in [0.15, 0.2) is 0 Å². The Morgan fingerprint density at radius 3 is 2.60 bits per heavy atom. The van der Waals surface area contributed by atoms with Gasteiger partial charge in [0.25, 0.3) is 0 Å². The number of rotatable bonds is 5. The summed E-state index contributed by atoms with van der Waals surface area (Å²) in [5.41, 5.74) is 3.97. The number of hydrogen-bond donors (Lipinski definition) is 2. The minimum Gasteiger partial charge on any atom is -0.385 e. The van der Waals surface area contributed by atoms with Gasteiger partial charge in [-0.15, -0.1) is 0 Å². The van der Waals surface area contributed by atoms with Crippen LogP contribution in [0, 0.1) is 0 Å². The highest BCUT2D eigenvalue weighted by molar-refractivity contribution is 7.99. The molecule has 0 radical (unpaired) electrons. The van der Waals surface area contributed by atoms with E-state index < -0.39 is 23.4 Å². The Labute approximate surface area is 149 Å². The standard InChI is InChI=1S/C17H23F3N2O2S/c1-2-25-11-14(21)15(23)22-8-6-16(24,7-9-22)12-4-3-5-13(10-12)17(18,19)20/h3-5,10,14,24H,2,6-9,11,21H2,1H3/t14-/m0/s1. The molecule has 1 heterocycles. The summed E-state index contributed by atoms with van der Waals surface area (Å²) >= 11 is 1.58. The largest absolute Gasteiger partial charge is 0.416 e. The smallest absolute Gasteiger partial charge is 0.385 e. The van der Waals surface area contributed by atoms with E-state index in [-0.39, 0.29) is 37.4 Å². The number of benzene rings is 1. The van der Waals surface area contributed by atoms with Gasteiger partial charge in [0.1, 0.15) is 0 Å². The Balaban J connectivity index is 2.04. The minimum atomic E-state index is -4.45. The van der Waals surface area contributed by atoms with Gasteiger partial charge in [-0.25, -0.2) is 0 Å². The van der Waals surface area contributed by atoms with Crippen LogP contribution >= 0.6 is 11.8 Å². The Morgan fingerprint density at radius 1 is 1.40 bits per heavy atom. The quantitative estimate of drug-likeness (QED) is 0.829. The van der Waals surface area contributed by atoms with E-state index >= 15 is 0 Å². The van der Waals surface area contributed by atoms with Crippen LogP contribution in [0.2, 0.25) is 0 Å². The number of piperidine rings is 1. The summed E-state index contributed by atoms with van der Waals surface area (Å²) < 4.78 is 38.6. The van der Waals surface area contributed by atoms with Gasteiger partial charge in [-0.3, -0.25) is 4.79 Å². The lowest BCUT2D eigenvalue weighted by Crippen LogP contribution is -2.51. The molecule has 0 aliphatic carbocycles. The van der Waals surface area contributed by atoms with Gasteiger partial charge in [0, 0.05) is 18.8 Å². The van der Waals surface area contributed by atoms with Gasteiger partial charge >= 0.3 is 6.18 Å². The SMILES string of the molecule is CCSC[C@H](N)C(=O)N1CCC(O)(c2cccc(C(F)(F)F)c2)CC1. The number of carbonyl (C=O) groups is 1. The van der Waals surface area contributed by atoms with E-state index in [1.54, 1.807) is 16.7 Å². The van der Waals surface area contributed by atoms with Crippen molar-refractivity contribution >= 4 is 17.7 Å². The summed E-state index contributed by atoms with van der Waals surface area (Å²) in [5.74, 6) is 1.23. The van der Waals surface area contributed by atoms with E-state index in [0.29, 0.717) is 5.75 Å². The van der Waals surface area contributed by atoms with Crippen LogP contribution in [0.3, 0.4) is 0 Å². The minimum absolute atomic E-state index is 0.174. The topological polar surface area (TPSA) is 66.6 Å². The number of alkyl halides is 3. The highest BCUT2D eigenvalue weighted by atomic mass is 32.2. The molecule has 3 N–H and O–H groups in total. The molecule has 1 aliphatic heterocycles. The molecule has 1 aromatic carbocycles. The van der Waals surface area contributed by atoms with Crippen LogP contribution in [0.15, 0.2) is 24.3 Å². The Kier molecular flexibility index (Phi) is 6.40. The zero-order valence-electron chi connectivity index (χ0n) is 14.1. The van der Waals surface area contributed by atoms with Crippen LogP contribution in [0.5, 0.6) is 0 Å². The van der Waals surface area contributed by atoms with Crippen LogP contribution < -0.4 is 5.73 Å². The fourth-order valence-electron chi connectivity index (χ4n) is 2.92. The molecule has 25 heavy (non-hydrogen) atoms. The first-order valence-electron chi connectivity index (χ1n) is 8.19. The average Bonchev–Trinajstić information content (AvgIpc) is 2.59. The number of aliphatic hydroxyl groups is 1. The molecule has 4 nitrogen and oxygen atoms in total. The third kappa shape index (κ3) is 4.89. The van der Waals surface area contributed by atoms with Crippen LogP contribution in [0.4, 0.5) is 13.2 Å². The van der Waals surface area contributed by atoms with Crippen molar-refractivity contribution in [3.05, 3.63) is 35.4 Å². The summed E-state index contributed by atoms with van der Waals surface area (Å²) in [5, 5.41) is 10.8. The predicted molar refractivity (Wildman–Crippen MR) is 92.1 cm³/mol. The van der Waals surface area contributed by atoms with Crippen molar-refractivity contribution in [3.63, 3.8) is 0 Å². The number of halogens is 3. The fraction of sp³-hybridized carbons (Fsp3) is 0.588. The Hall–Kier alpha value is -1.25. The number of thioether (sulfide) groups is 1. The Bertz CT molecular complexity index is 602. The summed E-state index contributed by atoms with van der Waals surface area (Å²) in [7, 11) is 0. The van der Waals surface area contributed by atoms with Crippen molar-refractivity contribution in [1.29, 1.82) is 0 Å². The van der Waals surface area contributed by atoms with E-state index in [1.165, 1.54) is 12.1 Å². The van der Waals surface area contributed by atoms with Crippen molar-refractivity contribution in [2.75, 3.05) is 24.6 Å². The zero-order valence-corrected chi connectivity index (χ0v) is 14.9. The molecule has 0 unspecified atom stereocenters. The summed E-state index contributed by atoms with van der Waals surface area (Å²) in [6.07, 6.45) is -4.08. The molecule has 2 rings (SSSR count). The number of amides is 1. The second-order valence-corrected chi connectivity index (χ2v) is 7.52. The second kappa shape index (κ2) is 7.97. The second-order valence-electron chi connectivity index (χ2n) is 6.20. The fourth-order valence-corrected chi connectivity index (χ4v) is 3.55. The van der Waals surface area contributed by atoms with E-state index in [1.807, 2.05) is 6.92 Å². The highest BCUT2D eigenvalue weighted by Crippen LogP contribution is 2.36. The molecule has 1 aliphatic rings. The first-order valence-corrected chi connectivity index (χ1v) is 9.35. The molecule has 140 valence electrons. The van der Waals surface area contributed by atoms with E-state index in [2.05, 4.69) is 0 Å². The zero-order chi connectivity index (χ0) is 18.7. The van der Waals surface area contributed by atoms with Gasteiger partial charge in [-0.2, -0.15) is 24.9 Å².